The zero-order valence-electron chi connectivity index (χ0n) is 14.1. The summed E-state index contributed by atoms with van der Waals surface area (Å²) in [6.45, 7) is 5.87. The van der Waals surface area contributed by atoms with E-state index in [0.29, 0.717) is 0 Å². The van der Waals surface area contributed by atoms with Gasteiger partial charge in [0.05, 0.1) is 0 Å². The zero-order valence-corrected chi connectivity index (χ0v) is 14.1. The van der Waals surface area contributed by atoms with Crippen molar-refractivity contribution < 1.29 is 5.11 Å². The quantitative estimate of drug-likeness (QED) is 0.935. The van der Waals surface area contributed by atoms with E-state index in [1.807, 2.05) is 24.7 Å². The molecule has 2 aromatic rings. The van der Waals surface area contributed by atoms with Gasteiger partial charge in [0.2, 0.25) is 0 Å². The first-order chi connectivity index (χ1) is 11.1. The van der Waals surface area contributed by atoms with Crippen molar-refractivity contribution in [1.82, 2.24) is 19.5 Å². The normalized spacial score (nSPS) is 17.5. The summed E-state index contributed by atoms with van der Waals surface area (Å²) >= 11 is 0. The van der Waals surface area contributed by atoms with Crippen LogP contribution in [0.15, 0.2) is 18.5 Å². The summed E-state index contributed by atoms with van der Waals surface area (Å²) in [5.74, 6) is 2.85. The Bertz CT molecular complexity index is 661. The highest BCUT2D eigenvalue weighted by Crippen LogP contribution is 2.31. The highest BCUT2D eigenvalue weighted by Gasteiger charge is 2.29. The number of imidazole rings is 1. The molecule has 124 valence electrons. The van der Waals surface area contributed by atoms with Crippen LogP contribution in [-0.4, -0.2) is 37.7 Å². The number of aromatic nitrogens is 4. The fourth-order valence-corrected chi connectivity index (χ4v) is 3.27. The third-order valence-electron chi connectivity index (χ3n) is 4.67. The Balaban J connectivity index is 1.67. The predicted octanol–water partition coefficient (Wildman–Crippen LogP) is 2.03. The van der Waals surface area contributed by atoms with E-state index in [-0.39, 0.29) is 5.92 Å². The van der Waals surface area contributed by atoms with Crippen molar-refractivity contribution in [3.05, 3.63) is 35.8 Å². The molecule has 0 spiro atoms. The largest absolute Gasteiger partial charge is 0.385 e. The van der Waals surface area contributed by atoms with E-state index in [9.17, 15) is 5.11 Å². The maximum absolute atomic E-state index is 10.6. The molecule has 0 aliphatic carbocycles. The number of aliphatic hydroxyl groups excluding tert-OH is 1. The molecule has 1 aliphatic rings. The summed E-state index contributed by atoms with van der Waals surface area (Å²) in [4.78, 5) is 15.6. The van der Waals surface area contributed by atoms with Gasteiger partial charge in [0.15, 0.2) is 0 Å². The summed E-state index contributed by atoms with van der Waals surface area (Å²) in [7, 11) is 1.93. The maximum atomic E-state index is 10.6. The standard InChI is InChI=1S/C17H25N5O/c1-4-14-11-15(20-12(2)19-14)22-8-5-13(6-9-22)16(23)17-18-7-10-21(17)3/h7,10-11,13,16,23H,4-6,8-9H2,1-3H3/t16-/m0/s1. The minimum atomic E-state index is -0.490. The minimum absolute atomic E-state index is 0.251. The summed E-state index contributed by atoms with van der Waals surface area (Å²) in [5, 5.41) is 10.6. The lowest BCUT2D eigenvalue weighted by Crippen LogP contribution is -2.36. The van der Waals surface area contributed by atoms with E-state index < -0.39 is 6.10 Å². The summed E-state index contributed by atoms with van der Waals surface area (Å²) in [5.41, 5.74) is 1.09. The van der Waals surface area contributed by atoms with Crippen molar-refractivity contribution in [2.45, 2.75) is 39.2 Å². The number of rotatable bonds is 4. The Labute approximate surface area is 137 Å². The number of aryl methyl sites for hydroxylation is 3. The first-order valence-corrected chi connectivity index (χ1v) is 8.33. The molecule has 0 saturated carbocycles. The topological polar surface area (TPSA) is 67.1 Å². The smallest absolute Gasteiger partial charge is 0.137 e. The van der Waals surface area contributed by atoms with Gasteiger partial charge in [-0.25, -0.2) is 15.0 Å². The third kappa shape index (κ3) is 3.37. The maximum Gasteiger partial charge on any atom is 0.137 e. The fraction of sp³-hybridized carbons (Fsp3) is 0.588. The van der Waals surface area contributed by atoms with Crippen LogP contribution in [0.4, 0.5) is 5.82 Å². The highest BCUT2D eigenvalue weighted by atomic mass is 16.3. The molecule has 2 aromatic heterocycles. The van der Waals surface area contributed by atoms with Gasteiger partial charge < -0.3 is 14.6 Å². The van der Waals surface area contributed by atoms with Crippen molar-refractivity contribution in [3.63, 3.8) is 0 Å². The van der Waals surface area contributed by atoms with E-state index in [4.69, 9.17) is 0 Å². The predicted molar refractivity (Wildman–Crippen MR) is 89.3 cm³/mol. The average molecular weight is 315 g/mol. The SMILES string of the molecule is CCc1cc(N2CCC([C@H](O)c3nccn3C)CC2)nc(C)n1. The number of piperidine rings is 1. The molecule has 1 fully saturated rings. The van der Waals surface area contributed by atoms with Crippen LogP contribution in [0.5, 0.6) is 0 Å². The van der Waals surface area contributed by atoms with Gasteiger partial charge in [-0.2, -0.15) is 0 Å². The number of hydrogen-bond acceptors (Lipinski definition) is 5. The van der Waals surface area contributed by atoms with Crippen molar-refractivity contribution in [3.8, 4) is 0 Å². The first-order valence-electron chi connectivity index (χ1n) is 8.33. The van der Waals surface area contributed by atoms with Crippen LogP contribution in [0.3, 0.4) is 0 Å². The molecule has 0 bridgehead atoms. The molecule has 0 amide bonds. The average Bonchev–Trinajstić information content (AvgIpc) is 2.99. The molecule has 3 rings (SSSR count). The molecule has 3 heterocycles. The summed E-state index contributed by atoms with van der Waals surface area (Å²) in [6, 6.07) is 2.09. The molecule has 6 heteroatoms. The Morgan fingerprint density at radius 3 is 2.65 bits per heavy atom. The monoisotopic (exact) mass is 315 g/mol. The van der Waals surface area contributed by atoms with Gasteiger partial charge in [-0.3, -0.25) is 0 Å². The van der Waals surface area contributed by atoms with Gasteiger partial charge in [0.1, 0.15) is 23.6 Å². The molecule has 0 radical (unpaired) electrons. The van der Waals surface area contributed by atoms with Crippen molar-refractivity contribution in [1.29, 1.82) is 0 Å². The second-order valence-corrected chi connectivity index (χ2v) is 6.28. The number of hydrogen-bond donors (Lipinski definition) is 1. The Kier molecular flexibility index (Phi) is 4.61. The lowest BCUT2D eigenvalue weighted by molar-refractivity contribution is 0.0824. The zero-order chi connectivity index (χ0) is 16.4. The molecule has 1 N–H and O–H groups in total. The number of nitrogens with zero attached hydrogens (tertiary/aromatic N) is 5. The highest BCUT2D eigenvalue weighted by molar-refractivity contribution is 5.40. The van der Waals surface area contributed by atoms with Crippen molar-refractivity contribution in [2.75, 3.05) is 18.0 Å². The molecule has 1 atom stereocenters. The molecular weight excluding hydrogens is 290 g/mol. The van der Waals surface area contributed by atoms with Crippen LogP contribution in [0.1, 0.15) is 43.2 Å². The summed E-state index contributed by atoms with van der Waals surface area (Å²) in [6.07, 6.45) is 5.94. The Hall–Kier alpha value is -1.95. The van der Waals surface area contributed by atoms with Crippen LogP contribution in [-0.2, 0) is 13.5 Å². The van der Waals surface area contributed by atoms with Crippen LogP contribution in [0, 0.1) is 12.8 Å². The molecule has 6 nitrogen and oxygen atoms in total. The van der Waals surface area contributed by atoms with Gasteiger partial charge >= 0.3 is 0 Å². The van der Waals surface area contributed by atoms with E-state index in [0.717, 1.165) is 55.5 Å². The second kappa shape index (κ2) is 6.66. The fourth-order valence-electron chi connectivity index (χ4n) is 3.27. The molecule has 0 unspecified atom stereocenters. The van der Waals surface area contributed by atoms with E-state index in [1.165, 1.54) is 0 Å². The molecule has 23 heavy (non-hydrogen) atoms. The van der Waals surface area contributed by atoms with Crippen LogP contribution in [0.25, 0.3) is 0 Å². The van der Waals surface area contributed by atoms with E-state index in [2.05, 4.69) is 32.8 Å². The molecular formula is C17H25N5O. The molecule has 1 saturated heterocycles. The molecule has 0 aromatic carbocycles. The number of anilines is 1. The lowest BCUT2D eigenvalue weighted by atomic mass is 9.90. The van der Waals surface area contributed by atoms with E-state index >= 15 is 0 Å². The van der Waals surface area contributed by atoms with Gasteiger partial charge in [0, 0.05) is 44.3 Å². The second-order valence-electron chi connectivity index (χ2n) is 6.28. The Morgan fingerprint density at radius 2 is 2.04 bits per heavy atom. The van der Waals surface area contributed by atoms with Gasteiger partial charge in [-0.15, -0.1) is 0 Å². The van der Waals surface area contributed by atoms with Crippen LogP contribution >= 0.6 is 0 Å². The summed E-state index contributed by atoms with van der Waals surface area (Å²) < 4.78 is 1.90. The van der Waals surface area contributed by atoms with Crippen molar-refractivity contribution >= 4 is 5.82 Å². The van der Waals surface area contributed by atoms with Crippen LogP contribution in [0.2, 0.25) is 0 Å². The van der Waals surface area contributed by atoms with Gasteiger partial charge in [-0.05, 0) is 32.1 Å². The minimum Gasteiger partial charge on any atom is -0.385 e. The van der Waals surface area contributed by atoms with E-state index in [1.54, 1.807) is 6.20 Å². The van der Waals surface area contributed by atoms with Crippen LogP contribution < -0.4 is 4.90 Å². The Morgan fingerprint density at radius 1 is 1.30 bits per heavy atom. The van der Waals surface area contributed by atoms with Gasteiger partial charge in [0.25, 0.3) is 0 Å². The molecule has 1 aliphatic heterocycles. The van der Waals surface area contributed by atoms with Crippen molar-refractivity contribution in [2.24, 2.45) is 13.0 Å². The van der Waals surface area contributed by atoms with Gasteiger partial charge in [-0.1, -0.05) is 6.92 Å². The number of aliphatic hydroxyl groups is 1. The third-order valence-corrected chi connectivity index (χ3v) is 4.67. The first kappa shape index (κ1) is 15.9. The lowest BCUT2D eigenvalue weighted by Gasteiger charge is -2.34.